The van der Waals surface area contributed by atoms with Crippen molar-refractivity contribution in [3.63, 3.8) is 0 Å². The van der Waals surface area contributed by atoms with Crippen LogP contribution in [0, 0.1) is 0 Å². The standard InChI is InChI=1S/C9H15N5O2/c1-3-16-5-4-13(2)8-6(10)7(15)12-9(11)14(5)8/h5H,3-4,10H2,1-2H3,(H2,11,12,15)/t5-/m0/s1. The summed E-state index contributed by atoms with van der Waals surface area (Å²) in [5, 5.41) is 0. The summed E-state index contributed by atoms with van der Waals surface area (Å²) < 4.78 is 7.17. The topological polar surface area (TPSA) is 99.4 Å². The molecule has 16 heavy (non-hydrogen) atoms. The van der Waals surface area contributed by atoms with Gasteiger partial charge in [0.2, 0.25) is 5.95 Å². The van der Waals surface area contributed by atoms with E-state index in [0.717, 1.165) is 0 Å². The van der Waals surface area contributed by atoms with E-state index in [1.807, 2.05) is 18.9 Å². The van der Waals surface area contributed by atoms with Gasteiger partial charge < -0.3 is 21.1 Å². The number of nitrogens with zero attached hydrogens (tertiary/aromatic N) is 3. The second kappa shape index (κ2) is 3.67. The monoisotopic (exact) mass is 225 g/mol. The van der Waals surface area contributed by atoms with Crippen molar-refractivity contribution in [2.45, 2.75) is 13.2 Å². The van der Waals surface area contributed by atoms with Gasteiger partial charge in [-0.05, 0) is 6.92 Å². The van der Waals surface area contributed by atoms with Crippen LogP contribution in [0.1, 0.15) is 13.2 Å². The van der Waals surface area contributed by atoms with Crippen LogP contribution in [0.15, 0.2) is 4.79 Å². The summed E-state index contributed by atoms with van der Waals surface area (Å²) in [5.74, 6) is 0.716. The molecule has 1 aliphatic rings. The van der Waals surface area contributed by atoms with E-state index < -0.39 is 5.56 Å². The van der Waals surface area contributed by atoms with Gasteiger partial charge in [-0.1, -0.05) is 0 Å². The van der Waals surface area contributed by atoms with Gasteiger partial charge in [0, 0.05) is 13.7 Å². The van der Waals surface area contributed by atoms with Gasteiger partial charge in [-0.2, -0.15) is 4.98 Å². The molecular weight excluding hydrogens is 210 g/mol. The van der Waals surface area contributed by atoms with E-state index in [9.17, 15) is 4.79 Å². The van der Waals surface area contributed by atoms with Gasteiger partial charge in [-0.3, -0.25) is 9.36 Å². The predicted octanol–water partition coefficient (Wildman–Crippen LogP) is -0.607. The van der Waals surface area contributed by atoms with E-state index in [0.29, 0.717) is 19.0 Å². The van der Waals surface area contributed by atoms with Gasteiger partial charge in [0.15, 0.2) is 6.23 Å². The smallest absolute Gasteiger partial charge is 0.299 e. The molecule has 7 nitrogen and oxygen atoms in total. The summed E-state index contributed by atoms with van der Waals surface area (Å²) in [5.41, 5.74) is 11.0. The van der Waals surface area contributed by atoms with Gasteiger partial charge >= 0.3 is 0 Å². The highest BCUT2D eigenvalue weighted by molar-refractivity contribution is 5.65. The minimum absolute atomic E-state index is 0.110. The average molecular weight is 225 g/mol. The zero-order valence-electron chi connectivity index (χ0n) is 9.30. The number of likely N-dealkylation sites (N-methyl/N-ethyl adjacent to an activating group) is 1. The van der Waals surface area contributed by atoms with Crippen molar-refractivity contribution in [1.82, 2.24) is 9.55 Å². The summed E-state index contributed by atoms with van der Waals surface area (Å²) in [6.45, 7) is 3.06. The number of aromatic nitrogens is 2. The molecule has 0 radical (unpaired) electrons. The van der Waals surface area contributed by atoms with Crippen LogP contribution in [-0.2, 0) is 4.74 Å². The first-order valence-corrected chi connectivity index (χ1v) is 5.06. The fourth-order valence-electron chi connectivity index (χ4n) is 1.95. The Kier molecular flexibility index (Phi) is 2.47. The average Bonchev–Trinajstić information content (AvgIpc) is 2.53. The normalized spacial score (nSPS) is 18.9. The van der Waals surface area contributed by atoms with E-state index in [1.165, 1.54) is 0 Å². The maximum atomic E-state index is 11.4. The first kappa shape index (κ1) is 10.7. The lowest BCUT2D eigenvalue weighted by atomic mass is 10.4. The fraction of sp³-hybridized carbons (Fsp3) is 0.556. The number of hydrogen-bond donors (Lipinski definition) is 2. The molecular formula is C9H15N5O2. The Hall–Kier alpha value is -1.76. The Balaban J connectivity index is 2.60. The Morgan fingerprint density at radius 2 is 2.25 bits per heavy atom. The molecule has 2 heterocycles. The summed E-state index contributed by atoms with van der Waals surface area (Å²) in [4.78, 5) is 16.9. The number of hydrogen-bond acceptors (Lipinski definition) is 6. The lowest BCUT2D eigenvalue weighted by Crippen LogP contribution is -2.23. The minimum Gasteiger partial charge on any atom is -0.391 e. The van der Waals surface area contributed by atoms with Crippen molar-refractivity contribution in [2.24, 2.45) is 0 Å². The van der Waals surface area contributed by atoms with Gasteiger partial charge in [0.25, 0.3) is 5.56 Å². The lowest BCUT2D eigenvalue weighted by molar-refractivity contribution is 0.0288. The number of fused-ring (bicyclic) bond motifs is 1. The van der Waals surface area contributed by atoms with Crippen molar-refractivity contribution < 1.29 is 4.74 Å². The molecule has 0 aromatic carbocycles. The van der Waals surface area contributed by atoms with Crippen LogP contribution in [0.2, 0.25) is 0 Å². The molecule has 2 rings (SSSR count). The summed E-state index contributed by atoms with van der Waals surface area (Å²) in [7, 11) is 1.83. The van der Waals surface area contributed by atoms with Crippen LogP contribution >= 0.6 is 0 Å². The van der Waals surface area contributed by atoms with E-state index in [2.05, 4.69) is 4.98 Å². The van der Waals surface area contributed by atoms with Crippen LogP contribution in [0.4, 0.5) is 17.5 Å². The van der Waals surface area contributed by atoms with Crippen LogP contribution in [0.3, 0.4) is 0 Å². The molecule has 1 aliphatic heterocycles. The van der Waals surface area contributed by atoms with Gasteiger partial charge in [0.1, 0.15) is 11.5 Å². The van der Waals surface area contributed by atoms with E-state index >= 15 is 0 Å². The third kappa shape index (κ3) is 1.40. The highest BCUT2D eigenvalue weighted by atomic mass is 16.5. The maximum absolute atomic E-state index is 11.4. The first-order chi connectivity index (χ1) is 7.56. The molecule has 7 heteroatoms. The highest BCUT2D eigenvalue weighted by Gasteiger charge is 2.30. The molecule has 1 atom stereocenters. The summed E-state index contributed by atoms with van der Waals surface area (Å²) in [6, 6.07) is 0. The minimum atomic E-state index is -0.493. The molecule has 4 N–H and O–H groups in total. The Morgan fingerprint density at radius 3 is 2.88 bits per heavy atom. The molecule has 88 valence electrons. The predicted molar refractivity (Wildman–Crippen MR) is 61.3 cm³/mol. The second-order valence-electron chi connectivity index (χ2n) is 3.67. The Bertz CT molecular complexity index is 470. The van der Waals surface area contributed by atoms with Crippen molar-refractivity contribution in [3.05, 3.63) is 10.4 Å². The van der Waals surface area contributed by atoms with Crippen LogP contribution in [0.25, 0.3) is 0 Å². The number of nitrogen functional groups attached to an aromatic ring is 2. The zero-order valence-corrected chi connectivity index (χ0v) is 9.30. The third-order valence-corrected chi connectivity index (χ3v) is 2.60. The van der Waals surface area contributed by atoms with Gasteiger partial charge in [0.05, 0.1) is 6.54 Å². The summed E-state index contributed by atoms with van der Waals surface area (Å²) >= 11 is 0. The van der Waals surface area contributed by atoms with Crippen molar-refractivity contribution >= 4 is 17.5 Å². The third-order valence-electron chi connectivity index (χ3n) is 2.60. The van der Waals surface area contributed by atoms with Crippen molar-refractivity contribution in [2.75, 3.05) is 36.6 Å². The Morgan fingerprint density at radius 1 is 1.56 bits per heavy atom. The van der Waals surface area contributed by atoms with Crippen molar-refractivity contribution in [3.8, 4) is 0 Å². The van der Waals surface area contributed by atoms with E-state index in [4.69, 9.17) is 16.2 Å². The summed E-state index contributed by atoms with van der Waals surface area (Å²) in [6.07, 6.45) is -0.236. The molecule has 0 spiro atoms. The molecule has 0 fully saturated rings. The van der Waals surface area contributed by atoms with E-state index in [1.54, 1.807) is 4.57 Å². The second-order valence-corrected chi connectivity index (χ2v) is 3.67. The molecule has 1 aromatic rings. The van der Waals surface area contributed by atoms with Crippen molar-refractivity contribution in [1.29, 1.82) is 0 Å². The molecule has 0 bridgehead atoms. The SMILES string of the molecule is CCO[C@H]1CN(C)c2c(N)c(=O)nc(N)n21. The quantitative estimate of drug-likeness (QED) is 0.696. The van der Waals surface area contributed by atoms with Gasteiger partial charge in [-0.15, -0.1) is 0 Å². The first-order valence-electron chi connectivity index (χ1n) is 5.06. The Labute approximate surface area is 92.6 Å². The van der Waals surface area contributed by atoms with Gasteiger partial charge in [-0.25, -0.2) is 0 Å². The van der Waals surface area contributed by atoms with Crippen LogP contribution in [-0.4, -0.2) is 29.8 Å². The van der Waals surface area contributed by atoms with Crippen LogP contribution < -0.4 is 21.9 Å². The number of nitrogens with two attached hydrogens (primary N) is 2. The maximum Gasteiger partial charge on any atom is 0.299 e. The largest absolute Gasteiger partial charge is 0.391 e. The molecule has 0 amide bonds. The zero-order chi connectivity index (χ0) is 11.9. The number of anilines is 3. The molecule has 0 unspecified atom stereocenters. The fourth-order valence-corrected chi connectivity index (χ4v) is 1.95. The lowest BCUT2D eigenvalue weighted by Gasteiger charge is -2.15. The number of rotatable bonds is 2. The molecule has 0 saturated carbocycles. The molecule has 0 aliphatic carbocycles. The highest BCUT2D eigenvalue weighted by Crippen LogP contribution is 2.33. The molecule has 1 aromatic heterocycles. The molecule has 0 saturated heterocycles. The van der Waals surface area contributed by atoms with E-state index in [-0.39, 0.29) is 17.9 Å². The number of ether oxygens (including phenoxy) is 1. The van der Waals surface area contributed by atoms with Crippen LogP contribution in [0.5, 0.6) is 0 Å².